The van der Waals surface area contributed by atoms with Crippen LogP contribution in [0.15, 0.2) is 66.7 Å². The van der Waals surface area contributed by atoms with E-state index in [0.29, 0.717) is 5.75 Å². The Bertz CT molecular complexity index is 970. The zero-order chi connectivity index (χ0) is 18.7. The van der Waals surface area contributed by atoms with E-state index >= 15 is 0 Å². The fourth-order valence-electron chi connectivity index (χ4n) is 3.01. The van der Waals surface area contributed by atoms with E-state index in [4.69, 9.17) is 4.74 Å². The average Bonchev–Trinajstić information content (AvgIpc) is 2.60. The Morgan fingerprint density at radius 2 is 1.69 bits per heavy atom. The second kappa shape index (κ2) is 7.17. The van der Waals surface area contributed by atoms with Gasteiger partial charge in [-0.3, -0.25) is 0 Å². The van der Waals surface area contributed by atoms with Crippen molar-refractivity contribution in [2.75, 3.05) is 0 Å². The van der Waals surface area contributed by atoms with E-state index in [1.165, 1.54) is 6.08 Å². The summed E-state index contributed by atoms with van der Waals surface area (Å²) in [5.41, 5.74) is 3.09. The van der Waals surface area contributed by atoms with E-state index in [1.54, 1.807) is 0 Å². The molecule has 3 aromatic carbocycles. The zero-order valence-electron chi connectivity index (χ0n) is 15.7. The fraction of sp³-hybridized carbons (Fsp3) is 0.208. The number of fused-ring (bicyclic) bond motifs is 1. The van der Waals surface area contributed by atoms with E-state index in [0.717, 1.165) is 27.5 Å². The summed E-state index contributed by atoms with van der Waals surface area (Å²) in [7, 11) is 0. The molecule has 132 valence electrons. The van der Waals surface area contributed by atoms with E-state index in [9.17, 15) is 4.79 Å². The first-order chi connectivity index (χ1) is 12.3. The highest BCUT2D eigenvalue weighted by Gasteiger charge is 2.20. The van der Waals surface area contributed by atoms with Crippen LogP contribution in [-0.4, -0.2) is 5.97 Å². The molecule has 0 amide bonds. The van der Waals surface area contributed by atoms with Crippen LogP contribution in [0.3, 0.4) is 0 Å². The molecule has 3 rings (SSSR count). The number of hydrogen-bond donors (Lipinski definition) is 0. The molecule has 0 heterocycles. The molecule has 0 saturated heterocycles. The topological polar surface area (TPSA) is 26.3 Å². The maximum atomic E-state index is 12.4. The van der Waals surface area contributed by atoms with Gasteiger partial charge < -0.3 is 4.74 Å². The van der Waals surface area contributed by atoms with Gasteiger partial charge in [-0.1, -0.05) is 80.9 Å². The lowest BCUT2D eigenvalue weighted by Crippen LogP contribution is -2.15. The van der Waals surface area contributed by atoms with Gasteiger partial charge in [0.2, 0.25) is 0 Å². The first-order valence-electron chi connectivity index (χ1n) is 8.83. The Labute approximate surface area is 155 Å². The lowest BCUT2D eigenvalue weighted by molar-refractivity contribution is -0.128. The van der Waals surface area contributed by atoms with E-state index in [2.05, 4.69) is 45.0 Å². The minimum Gasteiger partial charge on any atom is -0.423 e. The molecule has 0 aliphatic rings. The summed E-state index contributed by atoms with van der Waals surface area (Å²) >= 11 is 0. The molecule has 26 heavy (non-hydrogen) atoms. The van der Waals surface area contributed by atoms with Gasteiger partial charge in [0.15, 0.2) is 0 Å². The molecule has 0 N–H and O–H groups in total. The summed E-state index contributed by atoms with van der Waals surface area (Å²) in [6.45, 7) is 8.39. The minimum absolute atomic E-state index is 0.0963. The van der Waals surface area contributed by atoms with Crippen molar-refractivity contribution in [3.05, 3.63) is 83.4 Å². The normalized spacial score (nSPS) is 11.8. The number of carbonyl (C=O) groups excluding carboxylic acids is 1. The van der Waals surface area contributed by atoms with Crippen molar-refractivity contribution < 1.29 is 9.53 Å². The Kier molecular flexibility index (Phi) is 4.94. The molecule has 0 radical (unpaired) electrons. The predicted molar refractivity (Wildman–Crippen MR) is 108 cm³/mol. The van der Waals surface area contributed by atoms with Gasteiger partial charge in [-0.15, -0.1) is 0 Å². The standard InChI is InChI=1S/C24H24O2/c1-17-12-14-22(21(16-17)24(2,3)4)26-23(25)15-13-19-10-7-9-18-8-5-6-11-20(18)19/h5-16H,1-4H3/b15-13+. The van der Waals surface area contributed by atoms with Crippen molar-refractivity contribution in [1.29, 1.82) is 0 Å². The molecule has 0 fully saturated rings. The number of carbonyl (C=O) groups is 1. The first kappa shape index (κ1) is 17.9. The highest BCUT2D eigenvalue weighted by Crippen LogP contribution is 2.32. The van der Waals surface area contributed by atoms with Crippen LogP contribution in [0.1, 0.15) is 37.5 Å². The summed E-state index contributed by atoms with van der Waals surface area (Å²) < 4.78 is 5.64. The van der Waals surface area contributed by atoms with Crippen LogP contribution in [0, 0.1) is 6.92 Å². The van der Waals surface area contributed by atoms with Crippen molar-refractivity contribution in [2.45, 2.75) is 33.1 Å². The third-order valence-electron chi connectivity index (χ3n) is 4.38. The Morgan fingerprint density at radius 3 is 2.46 bits per heavy atom. The van der Waals surface area contributed by atoms with Crippen LogP contribution in [0.5, 0.6) is 5.75 Å². The van der Waals surface area contributed by atoms with Crippen LogP contribution in [0.25, 0.3) is 16.8 Å². The van der Waals surface area contributed by atoms with Crippen LogP contribution < -0.4 is 4.74 Å². The fourth-order valence-corrected chi connectivity index (χ4v) is 3.01. The van der Waals surface area contributed by atoms with Gasteiger partial charge in [-0.2, -0.15) is 0 Å². The third-order valence-corrected chi connectivity index (χ3v) is 4.38. The second-order valence-electron chi connectivity index (χ2n) is 7.57. The average molecular weight is 344 g/mol. The van der Waals surface area contributed by atoms with E-state index in [-0.39, 0.29) is 11.4 Å². The minimum atomic E-state index is -0.368. The first-order valence-corrected chi connectivity index (χ1v) is 8.83. The van der Waals surface area contributed by atoms with Gasteiger partial charge >= 0.3 is 5.97 Å². The van der Waals surface area contributed by atoms with E-state index in [1.807, 2.05) is 49.4 Å². The van der Waals surface area contributed by atoms with Gasteiger partial charge in [0, 0.05) is 11.6 Å². The van der Waals surface area contributed by atoms with Crippen LogP contribution >= 0.6 is 0 Å². The van der Waals surface area contributed by atoms with Crippen LogP contribution in [-0.2, 0) is 10.2 Å². The van der Waals surface area contributed by atoms with Crippen molar-refractivity contribution in [2.24, 2.45) is 0 Å². The predicted octanol–water partition coefficient (Wildman–Crippen LogP) is 6.06. The third kappa shape index (κ3) is 4.02. The van der Waals surface area contributed by atoms with Crippen molar-refractivity contribution in [3.63, 3.8) is 0 Å². The maximum Gasteiger partial charge on any atom is 0.336 e. The summed E-state index contributed by atoms with van der Waals surface area (Å²) in [6, 6.07) is 20.1. The number of benzene rings is 3. The molecule has 0 unspecified atom stereocenters. The Morgan fingerprint density at radius 1 is 0.962 bits per heavy atom. The SMILES string of the molecule is Cc1ccc(OC(=O)/C=C/c2cccc3ccccc23)c(C(C)(C)C)c1. The van der Waals surface area contributed by atoms with Crippen molar-refractivity contribution in [3.8, 4) is 5.75 Å². The number of rotatable bonds is 3. The lowest BCUT2D eigenvalue weighted by atomic mass is 9.85. The Hall–Kier alpha value is -2.87. The van der Waals surface area contributed by atoms with Crippen LogP contribution in [0.4, 0.5) is 0 Å². The molecule has 0 bridgehead atoms. The molecular formula is C24H24O2. The largest absolute Gasteiger partial charge is 0.423 e. The molecule has 0 atom stereocenters. The summed E-state index contributed by atoms with van der Waals surface area (Å²) in [6.07, 6.45) is 3.31. The molecular weight excluding hydrogens is 320 g/mol. The number of hydrogen-bond acceptors (Lipinski definition) is 2. The zero-order valence-corrected chi connectivity index (χ0v) is 15.7. The summed E-state index contributed by atoms with van der Waals surface area (Å²) in [5, 5.41) is 2.27. The molecule has 2 heteroatoms. The van der Waals surface area contributed by atoms with Gasteiger partial charge in [0.1, 0.15) is 5.75 Å². The highest BCUT2D eigenvalue weighted by molar-refractivity contribution is 5.95. The summed E-state index contributed by atoms with van der Waals surface area (Å²) in [4.78, 5) is 12.4. The summed E-state index contributed by atoms with van der Waals surface area (Å²) in [5.74, 6) is 0.253. The maximum absolute atomic E-state index is 12.4. The molecule has 0 spiro atoms. The van der Waals surface area contributed by atoms with Gasteiger partial charge in [-0.25, -0.2) is 4.79 Å². The van der Waals surface area contributed by atoms with E-state index < -0.39 is 0 Å². The number of ether oxygens (including phenoxy) is 1. The van der Waals surface area contributed by atoms with Crippen molar-refractivity contribution in [1.82, 2.24) is 0 Å². The molecule has 2 nitrogen and oxygen atoms in total. The molecule has 0 aliphatic heterocycles. The van der Waals surface area contributed by atoms with Gasteiger partial charge in [-0.05, 0) is 40.8 Å². The molecule has 0 aromatic heterocycles. The van der Waals surface area contributed by atoms with Gasteiger partial charge in [0.05, 0.1) is 0 Å². The molecule has 3 aromatic rings. The lowest BCUT2D eigenvalue weighted by Gasteiger charge is -2.22. The molecule has 0 saturated carbocycles. The van der Waals surface area contributed by atoms with Crippen LogP contribution in [0.2, 0.25) is 0 Å². The smallest absolute Gasteiger partial charge is 0.336 e. The van der Waals surface area contributed by atoms with Gasteiger partial charge in [0.25, 0.3) is 0 Å². The Balaban J connectivity index is 1.84. The monoisotopic (exact) mass is 344 g/mol. The number of aryl methyl sites for hydroxylation is 1. The van der Waals surface area contributed by atoms with Crippen molar-refractivity contribution >= 4 is 22.8 Å². The number of esters is 1. The highest BCUT2D eigenvalue weighted by atomic mass is 16.5. The molecule has 0 aliphatic carbocycles. The quantitative estimate of drug-likeness (QED) is 0.328. The second-order valence-corrected chi connectivity index (χ2v) is 7.57.